The van der Waals surface area contributed by atoms with Crippen molar-refractivity contribution in [3.8, 4) is 0 Å². The Kier molecular flexibility index (Phi) is 5.13. The topological polar surface area (TPSA) is 80.4 Å². The zero-order chi connectivity index (χ0) is 20.5. The van der Waals surface area contributed by atoms with E-state index in [1.807, 2.05) is 41.9 Å². The third kappa shape index (κ3) is 3.77. The van der Waals surface area contributed by atoms with Gasteiger partial charge < -0.3 is 19.2 Å². The summed E-state index contributed by atoms with van der Waals surface area (Å²) >= 11 is 0. The van der Waals surface area contributed by atoms with E-state index in [1.54, 1.807) is 17.2 Å². The molecule has 0 bridgehead atoms. The van der Waals surface area contributed by atoms with Crippen LogP contribution in [-0.4, -0.2) is 32.8 Å². The predicted octanol–water partition coefficient (Wildman–Crippen LogP) is 3.03. The Morgan fingerprint density at radius 1 is 1.28 bits per heavy atom. The van der Waals surface area contributed by atoms with Gasteiger partial charge in [-0.05, 0) is 30.2 Å². The van der Waals surface area contributed by atoms with Gasteiger partial charge in [-0.1, -0.05) is 26.0 Å². The van der Waals surface area contributed by atoms with Crippen molar-refractivity contribution < 1.29 is 14.0 Å². The minimum Gasteiger partial charge on any atom is -0.467 e. The van der Waals surface area contributed by atoms with Crippen molar-refractivity contribution in [2.75, 3.05) is 6.54 Å². The number of carbonyl (C=O) groups is 2. The molecule has 1 aromatic carbocycles. The summed E-state index contributed by atoms with van der Waals surface area (Å²) in [5, 5.41) is 3.15. The molecule has 1 aliphatic rings. The number of likely N-dealkylation sites (tertiary alicyclic amines) is 1. The smallest absolute Gasteiger partial charge is 0.226 e. The first-order valence-electron chi connectivity index (χ1n) is 9.96. The van der Waals surface area contributed by atoms with Crippen molar-refractivity contribution in [3.63, 3.8) is 0 Å². The highest BCUT2D eigenvalue weighted by Gasteiger charge is 2.36. The second kappa shape index (κ2) is 7.73. The lowest BCUT2D eigenvalue weighted by Crippen LogP contribution is -2.38. The Morgan fingerprint density at radius 2 is 2.07 bits per heavy atom. The average molecular weight is 394 g/mol. The Hall–Kier alpha value is -3.09. The summed E-state index contributed by atoms with van der Waals surface area (Å²) in [6, 6.07) is 11.3. The van der Waals surface area contributed by atoms with Crippen molar-refractivity contribution in [1.82, 2.24) is 19.8 Å². The number of benzene rings is 1. The van der Waals surface area contributed by atoms with Gasteiger partial charge in [0.2, 0.25) is 11.8 Å². The zero-order valence-corrected chi connectivity index (χ0v) is 17.0. The Morgan fingerprint density at radius 3 is 2.76 bits per heavy atom. The lowest BCUT2D eigenvalue weighted by Gasteiger charge is -2.24. The van der Waals surface area contributed by atoms with Crippen molar-refractivity contribution >= 4 is 22.8 Å². The van der Waals surface area contributed by atoms with Crippen molar-refractivity contribution in [2.24, 2.45) is 18.9 Å². The first kappa shape index (κ1) is 19.2. The summed E-state index contributed by atoms with van der Waals surface area (Å²) in [4.78, 5) is 31.8. The molecular weight excluding hydrogens is 368 g/mol. The SMILES string of the molecule is CC(C)[C@@H](NC(=O)[C@@H]1CC(=O)N(Cc2ccco2)C1)c1nc2ccccc2n1C. The van der Waals surface area contributed by atoms with Crippen LogP contribution in [0.1, 0.15) is 37.9 Å². The van der Waals surface area contributed by atoms with Crippen molar-refractivity contribution in [1.29, 1.82) is 0 Å². The molecule has 0 radical (unpaired) electrons. The molecule has 0 saturated carbocycles. The highest BCUT2D eigenvalue weighted by Crippen LogP contribution is 2.27. The van der Waals surface area contributed by atoms with E-state index in [9.17, 15) is 9.59 Å². The molecule has 7 heteroatoms. The molecule has 3 heterocycles. The third-order valence-electron chi connectivity index (χ3n) is 5.58. The monoisotopic (exact) mass is 394 g/mol. The molecule has 4 rings (SSSR count). The van der Waals surface area contributed by atoms with Gasteiger partial charge >= 0.3 is 0 Å². The fourth-order valence-corrected chi connectivity index (χ4v) is 3.93. The highest BCUT2D eigenvalue weighted by molar-refractivity contribution is 5.89. The van der Waals surface area contributed by atoms with Crippen LogP contribution in [0.3, 0.4) is 0 Å². The number of imidazole rings is 1. The van der Waals surface area contributed by atoms with Crippen LogP contribution in [-0.2, 0) is 23.2 Å². The number of para-hydroxylation sites is 2. The van der Waals surface area contributed by atoms with Crippen LogP contribution in [0.5, 0.6) is 0 Å². The Labute approximate surface area is 169 Å². The number of amides is 2. The van der Waals surface area contributed by atoms with E-state index in [-0.39, 0.29) is 36.1 Å². The summed E-state index contributed by atoms with van der Waals surface area (Å²) in [6.45, 7) is 4.92. The second-order valence-corrected chi connectivity index (χ2v) is 8.00. The van der Waals surface area contributed by atoms with Gasteiger partial charge in [-0.2, -0.15) is 0 Å². The molecule has 2 amide bonds. The molecule has 7 nitrogen and oxygen atoms in total. The van der Waals surface area contributed by atoms with Gasteiger partial charge in [0.25, 0.3) is 0 Å². The number of hydrogen-bond acceptors (Lipinski definition) is 4. The summed E-state index contributed by atoms with van der Waals surface area (Å²) < 4.78 is 7.36. The molecule has 1 saturated heterocycles. The van der Waals surface area contributed by atoms with E-state index in [0.29, 0.717) is 13.1 Å². The van der Waals surface area contributed by atoms with E-state index >= 15 is 0 Å². The van der Waals surface area contributed by atoms with E-state index in [0.717, 1.165) is 22.6 Å². The Balaban J connectivity index is 1.49. The summed E-state index contributed by atoms with van der Waals surface area (Å²) in [6.07, 6.45) is 1.81. The fraction of sp³-hybridized carbons (Fsp3) is 0.409. The van der Waals surface area contributed by atoms with Gasteiger partial charge in [-0.3, -0.25) is 9.59 Å². The number of nitrogens with one attached hydrogen (secondary N) is 1. The van der Waals surface area contributed by atoms with Crippen LogP contribution in [0, 0.1) is 11.8 Å². The fourth-order valence-electron chi connectivity index (χ4n) is 3.93. The Bertz CT molecular complexity index is 1020. The number of furan rings is 1. The minimum absolute atomic E-state index is 0.0228. The second-order valence-electron chi connectivity index (χ2n) is 8.00. The van der Waals surface area contributed by atoms with E-state index in [1.165, 1.54) is 0 Å². The standard InChI is InChI=1S/C22H26N4O3/c1-14(2)20(21-23-17-8-4-5-9-18(17)25(21)3)24-22(28)15-11-19(27)26(12-15)13-16-7-6-10-29-16/h4-10,14-15,20H,11-13H2,1-3H3,(H,24,28)/t15-,20-/m1/s1. The van der Waals surface area contributed by atoms with Crippen LogP contribution in [0.2, 0.25) is 0 Å². The molecule has 0 aliphatic carbocycles. The predicted molar refractivity (Wildman–Crippen MR) is 109 cm³/mol. The molecule has 1 aliphatic heterocycles. The molecule has 1 fully saturated rings. The number of hydrogen-bond donors (Lipinski definition) is 1. The van der Waals surface area contributed by atoms with E-state index in [4.69, 9.17) is 9.40 Å². The highest BCUT2D eigenvalue weighted by atomic mass is 16.3. The lowest BCUT2D eigenvalue weighted by molar-refractivity contribution is -0.129. The van der Waals surface area contributed by atoms with Gasteiger partial charge in [0.05, 0.1) is 35.8 Å². The third-order valence-corrected chi connectivity index (χ3v) is 5.58. The molecular formula is C22H26N4O3. The van der Waals surface area contributed by atoms with Crippen LogP contribution >= 0.6 is 0 Å². The molecule has 29 heavy (non-hydrogen) atoms. The number of aromatic nitrogens is 2. The quantitative estimate of drug-likeness (QED) is 0.697. The summed E-state index contributed by atoms with van der Waals surface area (Å²) in [5.74, 6) is 1.21. The largest absolute Gasteiger partial charge is 0.467 e. The van der Waals surface area contributed by atoms with Crippen molar-refractivity contribution in [3.05, 3.63) is 54.2 Å². The lowest BCUT2D eigenvalue weighted by atomic mass is 10.0. The van der Waals surface area contributed by atoms with Gasteiger partial charge in [-0.25, -0.2) is 4.98 Å². The minimum atomic E-state index is -0.367. The average Bonchev–Trinajstić information content (AvgIpc) is 3.41. The number of aryl methyl sites for hydroxylation is 1. The summed E-state index contributed by atoms with van der Waals surface area (Å²) in [7, 11) is 1.97. The van der Waals surface area contributed by atoms with Crippen LogP contribution in [0.15, 0.2) is 47.1 Å². The first-order chi connectivity index (χ1) is 13.9. The maximum atomic E-state index is 13.0. The molecule has 2 atom stereocenters. The van der Waals surface area contributed by atoms with Gasteiger partial charge in [-0.15, -0.1) is 0 Å². The molecule has 0 spiro atoms. The first-order valence-corrected chi connectivity index (χ1v) is 9.96. The van der Waals surface area contributed by atoms with Gasteiger partial charge in [0.15, 0.2) is 0 Å². The number of rotatable bonds is 6. The van der Waals surface area contributed by atoms with Crippen LogP contribution in [0.25, 0.3) is 11.0 Å². The molecule has 2 aromatic heterocycles. The van der Waals surface area contributed by atoms with Crippen molar-refractivity contribution in [2.45, 2.75) is 32.9 Å². The number of fused-ring (bicyclic) bond motifs is 1. The maximum Gasteiger partial charge on any atom is 0.226 e. The van der Waals surface area contributed by atoms with Crippen LogP contribution < -0.4 is 5.32 Å². The zero-order valence-electron chi connectivity index (χ0n) is 17.0. The number of nitrogens with zero attached hydrogens (tertiary/aromatic N) is 3. The van der Waals surface area contributed by atoms with Gasteiger partial charge in [0, 0.05) is 20.0 Å². The number of carbonyl (C=O) groups excluding carboxylic acids is 2. The molecule has 152 valence electrons. The molecule has 3 aromatic rings. The maximum absolute atomic E-state index is 13.0. The normalized spacial score (nSPS) is 18.0. The molecule has 0 unspecified atom stereocenters. The summed E-state index contributed by atoms with van der Waals surface area (Å²) in [5.41, 5.74) is 1.94. The molecule has 1 N–H and O–H groups in total. The van der Waals surface area contributed by atoms with E-state index < -0.39 is 0 Å². The van der Waals surface area contributed by atoms with E-state index in [2.05, 4.69) is 19.2 Å². The van der Waals surface area contributed by atoms with Gasteiger partial charge in [0.1, 0.15) is 11.6 Å². The van der Waals surface area contributed by atoms with Crippen LogP contribution in [0.4, 0.5) is 0 Å².